The minimum absolute atomic E-state index is 0.680. The van der Waals surface area contributed by atoms with Gasteiger partial charge >= 0.3 is 0 Å². The number of hydrogen-bond donors (Lipinski definition) is 2. The highest BCUT2D eigenvalue weighted by atomic mass is 16.5. The van der Waals surface area contributed by atoms with Crippen molar-refractivity contribution in [2.24, 2.45) is 0 Å². The van der Waals surface area contributed by atoms with Crippen LogP contribution >= 0.6 is 0 Å². The number of hydrogen-bond acceptors (Lipinski definition) is 4. The smallest absolute Gasteiger partial charge is 0.150 e. The number of aromatic amines is 1. The maximum Gasteiger partial charge on any atom is 0.150 e. The number of H-pyrrole nitrogens is 1. The van der Waals surface area contributed by atoms with Gasteiger partial charge in [-0.2, -0.15) is 0 Å². The van der Waals surface area contributed by atoms with Crippen LogP contribution in [0.1, 0.15) is 11.5 Å². The molecule has 5 heteroatoms. The van der Waals surface area contributed by atoms with E-state index in [9.17, 15) is 0 Å². The quantitative estimate of drug-likeness (QED) is 0.722. The number of rotatable bonds is 4. The summed E-state index contributed by atoms with van der Waals surface area (Å²) in [6, 6.07) is 1.83. The number of imidazole rings is 1. The first-order chi connectivity index (χ1) is 6.45. The first kappa shape index (κ1) is 8.00. The van der Waals surface area contributed by atoms with Crippen LogP contribution in [0.25, 0.3) is 0 Å². The van der Waals surface area contributed by atoms with Crippen LogP contribution in [-0.2, 0) is 13.1 Å². The molecular weight excluding hydrogens is 168 g/mol. The van der Waals surface area contributed by atoms with E-state index in [0.29, 0.717) is 6.54 Å². The summed E-state index contributed by atoms with van der Waals surface area (Å²) in [5.41, 5.74) is 1.06. The topological polar surface area (TPSA) is 66.7 Å². The van der Waals surface area contributed by atoms with Gasteiger partial charge in [-0.3, -0.25) is 0 Å². The van der Waals surface area contributed by atoms with E-state index in [4.69, 9.17) is 4.52 Å². The fourth-order valence-corrected chi connectivity index (χ4v) is 1.04. The third kappa shape index (κ3) is 2.16. The molecule has 0 aromatic carbocycles. The molecule has 0 aliphatic rings. The fraction of sp³-hybridized carbons (Fsp3) is 0.250. The minimum Gasteiger partial charge on any atom is -0.360 e. The molecule has 0 radical (unpaired) electrons. The fourth-order valence-electron chi connectivity index (χ4n) is 1.04. The zero-order valence-corrected chi connectivity index (χ0v) is 7.03. The van der Waals surface area contributed by atoms with E-state index in [-0.39, 0.29) is 0 Å². The van der Waals surface area contributed by atoms with E-state index in [1.54, 1.807) is 18.7 Å². The molecule has 0 atom stereocenters. The van der Waals surface area contributed by atoms with E-state index in [1.807, 2.05) is 6.07 Å². The normalized spacial score (nSPS) is 10.5. The lowest BCUT2D eigenvalue weighted by atomic mass is 10.4. The summed E-state index contributed by atoms with van der Waals surface area (Å²) in [5, 5.41) is 6.79. The SMILES string of the molecule is c1cc(CNCc2cnc[nH]2)on1. The Morgan fingerprint density at radius 3 is 3.15 bits per heavy atom. The van der Waals surface area contributed by atoms with Crippen LogP contribution in [0.3, 0.4) is 0 Å². The lowest BCUT2D eigenvalue weighted by Gasteiger charge is -1.98. The van der Waals surface area contributed by atoms with Crippen molar-refractivity contribution in [3.8, 4) is 0 Å². The van der Waals surface area contributed by atoms with Crippen molar-refractivity contribution in [1.82, 2.24) is 20.4 Å². The molecule has 0 unspecified atom stereocenters. The van der Waals surface area contributed by atoms with Gasteiger partial charge in [0.1, 0.15) is 5.76 Å². The van der Waals surface area contributed by atoms with Crippen LogP contribution in [-0.4, -0.2) is 15.1 Å². The van der Waals surface area contributed by atoms with Crippen molar-refractivity contribution >= 4 is 0 Å². The summed E-state index contributed by atoms with van der Waals surface area (Å²) in [7, 11) is 0. The van der Waals surface area contributed by atoms with Gasteiger partial charge < -0.3 is 14.8 Å². The maximum atomic E-state index is 4.91. The van der Waals surface area contributed by atoms with Gasteiger partial charge in [0.2, 0.25) is 0 Å². The van der Waals surface area contributed by atoms with Crippen molar-refractivity contribution < 1.29 is 4.52 Å². The molecule has 2 rings (SSSR count). The van der Waals surface area contributed by atoms with Crippen molar-refractivity contribution in [1.29, 1.82) is 0 Å². The molecule has 2 aromatic heterocycles. The van der Waals surface area contributed by atoms with Crippen molar-refractivity contribution in [2.45, 2.75) is 13.1 Å². The number of nitrogens with one attached hydrogen (secondary N) is 2. The highest BCUT2D eigenvalue weighted by Crippen LogP contribution is 1.96. The largest absolute Gasteiger partial charge is 0.360 e. The molecule has 0 aliphatic heterocycles. The summed E-state index contributed by atoms with van der Waals surface area (Å²) in [4.78, 5) is 6.90. The third-order valence-electron chi connectivity index (χ3n) is 1.66. The Kier molecular flexibility index (Phi) is 2.38. The highest BCUT2D eigenvalue weighted by molar-refractivity contribution is 4.95. The predicted octanol–water partition coefficient (Wildman–Crippen LogP) is 0.687. The Balaban J connectivity index is 1.76. The highest BCUT2D eigenvalue weighted by Gasteiger charge is 1.96. The summed E-state index contributed by atoms with van der Waals surface area (Å²) >= 11 is 0. The van der Waals surface area contributed by atoms with Gasteiger partial charge in [0.25, 0.3) is 0 Å². The Labute approximate surface area is 75.2 Å². The molecule has 0 aliphatic carbocycles. The molecule has 13 heavy (non-hydrogen) atoms. The number of nitrogens with zero attached hydrogens (tertiary/aromatic N) is 2. The lowest BCUT2D eigenvalue weighted by Crippen LogP contribution is -2.12. The Hall–Kier alpha value is -1.62. The Morgan fingerprint density at radius 2 is 2.46 bits per heavy atom. The van der Waals surface area contributed by atoms with E-state index >= 15 is 0 Å². The standard InChI is InChI=1S/C8H10N4O/c1-2-12-13-8(1)5-9-3-7-4-10-6-11-7/h1-2,4,6,9H,3,5H2,(H,10,11). The van der Waals surface area contributed by atoms with E-state index in [0.717, 1.165) is 18.0 Å². The molecular formula is C8H10N4O. The predicted molar refractivity (Wildman–Crippen MR) is 45.6 cm³/mol. The lowest BCUT2D eigenvalue weighted by molar-refractivity contribution is 0.372. The zero-order chi connectivity index (χ0) is 8.93. The summed E-state index contributed by atoms with van der Waals surface area (Å²) in [6.07, 6.45) is 5.08. The molecule has 2 aromatic rings. The maximum absolute atomic E-state index is 4.91. The first-order valence-corrected chi connectivity index (χ1v) is 4.02. The number of aromatic nitrogens is 3. The van der Waals surface area contributed by atoms with Crippen LogP contribution in [0.15, 0.2) is 29.3 Å². The molecule has 5 nitrogen and oxygen atoms in total. The average molecular weight is 178 g/mol. The van der Waals surface area contributed by atoms with E-state index in [1.165, 1.54) is 0 Å². The van der Waals surface area contributed by atoms with Crippen LogP contribution in [0.4, 0.5) is 0 Å². The van der Waals surface area contributed by atoms with E-state index < -0.39 is 0 Å². The molecule has 0 fully saturated rings. The molecule has 2 heterocycles. The molecule has 0 amide bonds. The van der Waals surface area contributed by atoms with Gasteiger partial charge in [0, 0.05) is 24.5 Å². The molecule has 68 valence electrons. The molecule has 2 N–H and O–H groups in total. The van der Waals surface area contributed by atoms with Crippen LogP contribution in [0, 0.1) is 0 Å². The molecule has 0 spiro atoms. The zero-order valence-electron chi connectivity index (χ0n) is 7.03. The Morgan fingerprint density at radius 1 is 1.46 bits per heavy atom. The summed E-state index contributed by atoms with van der Waals surface area (Å²) < 4.78 is 4.91. The average Bonchev–Trinajstić information content (AvgIpc) is 2.75. The second-order valence-electron chi connectivity index (χ2n) is 2.66. The van der Waals surface area contributed by atoms with Crippen molar-refractivity contribution in [3.05, 3.63) is 36.2 Å². The first-order valence-electron chi connectivity index (χ1n) is 4.02. The van der Waals surface area contributed by atoms with Crippen molar-refractivity contribution in [3.63, 3.8) is 0 Å². The molecule has 0 bridgehead atoms. The minimum atomic E-state index is 0.680. The van der Waals surface area contributed by atoms with Crippen LogP contribution < -0.4 is 5.32 Å². The van der Waals surface area contributed by atoms with Gasteiger partial charge in [-0.15, -0.1) is 0 Å². The van der Waals surface area contributed by atoms with Gasteiger partial charge in [-0.1, -0.05) is 5.16 Å². The second-order valence-corrected chi connectivity index (χ2v) is 2.66. The van der Waals surface area contributed by atoms with Gasteiger partial charge in [-0.25, -0.2) is 4.98 Å². The van der Waals surface area contributed by atoms with E-state index in [2.05, 4.69) is 20.4 Å². The third-order valence-corrected chi connectivity index (χ3v) is 1.66. The summed E-state index contributed by atoms with van der Waals surface area (Å²) in [5.74, 6) is 0.833. The van der Waals surface area contributed by atoms with Crippen molar-refractivity contribution in [2.75, 3.05) is 0 Å². The van der Waals surface area contributed by atoms with Gasteiger partial charge in [-0.05, 0) is 0 Å². The Bertz CT molecular complexity index is 293. The van der Waals surface area contributed by atoms with Gasteiger partial charge in [0.05, 0.1) is 19.1 Å². The monoisotopic (exact) mass is 178 g/mol. The van der Waals surface area contributed by atoms with Crippen LogP contribution in [0.5, 0.6) is 0 Å². The molecule has 0 saturated carbocycles. The summed E-state index contributed by atoms with van der Waals surface area (Å²) in [6.45, 7) is 1.43. The second kappa shape index (κ2) is 3.86. The molecule has 0 saturated heterocycles. The van der Waals surface area contributed by atoms with Gasteiger partial charge in [0.15, 0.2) is 0 Å². The van der Waals surface area contributed by atoms with Crippen LogP contribution in [0.2, 0.25) is 0 Å².